The number of aryl methyl sites for hydroxylation is 1. The third-order valence-electron chi connectivity index (χ3n) is 1.74. The van der Waals surface area contributed by atoms with Crippen molar-refractivity contribution in [1.82, 2.24) is 5.32 Å². The van der Waals surface area contributed by atoms with Gasteiger partial charge in [-0.25, -0.2) is 0 Å². The second-order valence-electron chi connectivity index (χ2n) is 2.98. The highest BCUT2D eigenvalue weighted by atomic mass is 35.5. The van der Waals surface area contributed by atoms with E-state index in [0.29, 0.717) is 12.1 Å². The summed E-state index contributed by atoms with van der Waals surface area (Å²) in [6.45, 7) is 3.32. The van der Waals surface area contributed by atoms with Crippen molar-refractivity contribution >= 4 is 5.91 Å². The van der Waals surface area contributed by atoms with Crippen LogP contribution < -0.4 is 23.5 Å². The van der Waals surface area contributed by atoms with Gasteiger partial charge < -0.3 is 23.5 Å². The quantitative estimate of drug-likeness (QED) is 0.553. The maximum atomic E-state index is 11.4. The first-order valence-corrected chi connectivity index (χ1v) is 4.38. The normalized spacial score (nSPS) is 9.00. The molecule has 4 heteroatoms. The molecule has 1 aromatic rings. The number of carbonyl (C=O) groups excluding carboxylic acids is 1. The monoisotopic (exact) mass is 214 g/mol. The van der Waals surface area contributed by atoms with Crippen LogP contribution in [0.4, 0.5) is 0 Å². The SMILES string of the molecule is Cc1cccc(C(=O)NCC[NH3+])c1.[Cl-]. The Hall–Kier alpha value is -1.06. The lowest BCUT2D eigenvalue weighted by atomic mass is 10.1. The molecule has 0 radical (unpaired) electrons. The van der Waals surface area contributed by atoms with Gasteiger partial charge in [0, 0.05) is 5.56 Å². The highest BCUT2D eigenvalue weighted by Crippen LogP contribution is 2.02. The fourth-order valence-electron chi connectivity index (χ4n) is 1.09. The van der Waals surface area contributed by atoms with Gasteiger partial charge in [0.15, 0.2) is 0 Å². The average Bonchev–Trinajstić information content (AvgIpc) is 2.14. The molecule has 0 aromatic heterocycles. The smallest absolute Gasteiger partial charge is 0.251 e. The van der Waals surface area contributed by atoms with Crippen LogP contribution in [-0.2, 0) is 0 Å². The number of amides is 1. The van der Waals surface area contributed by atoms with Crippen LogP contribution >= 0.6 is 0 Å². The van der Waals surface area contributed by atoms with Crippen molar-refractivity contribution in [3.63, 3.8) is 0 Å². The van der Waals surface area contributed by atoms with Crippen molar-refractivity contribution < 1.29 is 22.9 Å². The van der Waals surface area contributed by atoms with Crippen molar-refractivity contribution in [2.45, 2.75) is 6.92 Å². The standard InChI is InChI=1S/C10H14N2O.ClH/c1-8-3-2-4-9(7-8)10(13)12-6-5-11;/h2-4,7H,5-6,11H2,1H3,(H,12,13);1H. The lowest BCUT2D eigenvalue weighted by Crippen LogP contribution is -3.00. The number of quaternary nitrogens is 1. The van der Waals surface area contributed by atoms with E-state index in [-0.39, 0.29) is 18.3 Å². The van der Waals surface area contributed by atoms with Gasteiger partial charge >= 0.3 is 0 Å². The van der Waals surface area contributed by atoms with Crippen LogP contribution in [0.3, 0.4) is 0 Å². The molecule has 0 saturated heterocycles. The summed E-state index contributed by atoms with van der Waals surface area (Å²) in [4.78, 5) is 11.4. The number of carbonyl (C=O) groups is 1. The molecule has 0 unspecified atom stereocenters. The maximum absolute atomic E-state index is 11.4. The molecule has 0 aliphatic carbocycles. The van der Waals surface area contributed by atoms with Gasteiger partial charge in [-0.05, 0) is 19.1 Å². The fourth-order valence-corrected chi connectivity index (χ4v) is 1.09. The Morgan fingerprint density at radius 1 is 1.50 bits per heavy atom. The molecule has 0 spiro atoms. The minimum Gasteiger partial charge on any atom is -1.00 e. The zero-order valence-electron chi connectivity index (χ0n) is 8.22. The van der Waals surface area contributed by atoms with Gasteiger partial charge in [0.05, 0.1) is 13.1 Å². The van der Waals surface area contributed by atoms with E-state index in [1.807, 2.05) is 31.2 Å². The second-order valence-corrected chi connectivity index (χ2v) is 2.98. The minimum atomic E-state index is -0.0210. The molecule has 78 valence electrons. The number of hydrogen-bond acceptors (Lipinski definition) is 1. The van der Waals surface area contributed by atoms with Gasteiger partial charge in [-0.2, -0.15) is 0 Å². The molecule has 0 atom stereocenters. The average molecular weight is 215 g/mol. The summed E-state index contributed by atoms with van der Waals surface area (Å²) in [5, 5.41) is 2.77. The number of nitrogens with one attached hydrogen (secondary N) is 1. The molecule has 0 aliphatic heterocycles. The Morgan fingerprint density at radius 3 is 2.79 bits per heavy atom. The summed E-state index contributed by atoms with van der Waals surface area (Å²) in [6.07, 6.45) is 0. The maximum Gasteiger partial charge on any atom is 0.251 e. The number of benzene rings is 1. The van der Waals surface area contributed by atoms with E-state index in [0.717, 1.165) is 12.1 Å². The summed E-state index contributed by atoms with van der Waals surface area (Å²) in [7, 11) is 0. The third kappa shape index (κ3) is 3.77. The molecule has 14 heavy (non-hydrogen) atoms. The van der Waals surface area contributed by atoms with E-state index in [1.165, 1.54) is 0 Å². The molecular weight excluding hydrogens is 200 g/mol. The van der Waals surface area contributed by atoms with E-state index in [1.54, 1.807) is 0 Å². The minimum absolute atomic E-state index is 0. The van der Waals surface area contributed by atoms with Crippen molar-refractivity contribution in [2.24, 2.45) is 0 Å². The summed E-state index contributed by atoms with van der Waals surface area (Å²) in [6, 6.07) is 7.54. The van der Waals surface area contributed by atoms with E-state index in [2.05, 4.69) is 11.1 Å². The predicted molar refractivity (Wildman–Crippen MR) is 51.3 cm³/mol. The molecule has 0 aliphatic rings. The molecular formula is C10H15ClN2O. The van der Waals surface area contributed by atoms with Crippen molar-refractivity contribution in [3.8, 4) is 0 Å². The van der Waals surface area contributed by atoms with Crippen LogP contribution in [0.25, 0.3) is 0 Å². The van der Waals surface area contributed by atoms with Crippen molar-refractivity contribution in [1.29, 1.82) is 0 Å². The van der Waals surface area contributed by atoms with Crippen LogP contribution in [0.5, 0.6) is 0 Å². The van der Waals surface area contributed by atoms with Crippen LogP contribution in [-0.4, -0.2) is 19.0 Å². The predicted octanol–water partition coefficient (Wildman–Crippen LogP) is -3.03. The van der Waals surface area contributed by atoms with Crippen LogP contribution in [0.15, 0.2) is 24.3 Å². The zero-order chi connectivity index (χ0) is 9.68. The number of rotatable bonds is 3. The highest BCUT2D eigenvalue weighted by Gasteiger charge is 2.03. The Bertz CT molecular complexity index is 302. The molecule has 0 heterocycles. The van der Waals surface area contributed by atoms with E-state index < -0.39 is 0 Å². The first kappa shape index (κ1) is 12.9. The van der Waals surface area contributed by atoms with Gasteiger partial charge in [-0.1, -0.05) is 17.7 Å². The summed E-state index contributed by atoms with van der Waals surface area (Å²) < 4.78 is 0. The Balaban J connectivity index is 0.00000169. The molecule has 4 N–H and O–H groups in total. The van der Waals surface area contributed by atoms with Crippen LogP contribution in [0, 0.1) is 6.92 Å². The fraction of sp³-hybridized carbons (Fsp3) is 0.300. The van der Waals surface area contributed by atoms with Gasteiger partial charge in [0.25, 0.3) is 5.91 Å². The molecule has 0 saturated carbocycles. The lowest BCUT2D eigenvalue weighted by Gasteiger charge is -2.02. The van der Waals surface area contributed by atoms with Crippen LogP contribution in [0.2, 0.25) is 0 Å². The zero-order valence-corrected chi connectivity index (χ0v) is 8.97. The third-order valence-corrected chi connectivity index (χ3v) is 1.74. The molecule has 1 aromatic carbocycles. The van der Waals surface area contributed by atoms with Gasteiger partial charge in [-0.3, -0.25) is 4.79 Å². The van der Waals surface area contributed by atoms with Gasteiger partial charge in [0.2, 0.25) is 0 Å². The largest absolute Gasteiger partial charge is 1.00 e. The Morgan fingerprint density at radius 2 is 2.21 bits per heavy atom. The lowest BCUT2D eigenvalue weighted by molar-refractivity contribution is -0.364. The van der Waals surface area contributed by atoms with E-state index in [4.69, 9.17) is 0 Å². The van der Waals surface area contributed by atoms with Crippen LogP contribution in [0.1, 0.15) is 15.9 Å². The first-order chi connectivity index (χ1) is 6.24. The topological polar surface area (TPSA) is 56.7 Å². The molecule has 0 fully saturated rings. The Kier molecular flexibility index (Phi) is 5.92. The summed E-state index contributed by atoms with van der Waals surface area (Å²) >= 11 is 0. The van der Waals surface area contributed by atoms with Crippen molar-refractivity contribution in [2.75, 3.05) is 13.1 Å². The molecule has 1 rings (SSSR count). The first-order valence-electron chi connectivity index (χ1n) is 4.38. The Labute approximate surface area is 90.1 Å². The summed E-state index contributed by atoms with van der Waals surface area (Å²) in [5.74, 6) is -0.0210. The number of hydrogen-bond donors (Lipinski definition) is 2. The summed E-state index contributed by atoms with van der Waals surface area (Å²) in [5.41, 5.74) is 5.47. The van der Waals surface area contributed by atoms with Gasteiger partial charge in [-0.15, -0.1) is 0 Å². The number of halogens is 1. The molecule has 3 nitrogen and oxygen atoms in total. The van der Waals surface area contributed by atoms with Crippen molar-refractivity contribution in [3.05, 3.63) is 35.4 Å². The van der Waals surface area contributed by atoms with Gasteiger partial charge in [0.1, 0.15) is 0 Å². The van der Waals surface area contributed by atoms with E-state index in [9.17, 15) is 4.79 Å². The molecule has 0 bridgehead atoms. The second kappa shape index (κ2) is 6.40. The van der Waals surface area contributed by atoms with E-state index >= 15 is 0 Å². The molecule has 1 amide bonds. The highest BCUT2D eigenvalue weighted by molar-refractivity contribution is 5.94.